The lowest BCUT2D eigenvalue weighted by atomic mass is 9.84. The zero-order valence-electron chi connectivity index (χ0n) is 12.2. The Hall–Kier alpha value is -0.650. The summed E-state index contributed by atoms with van der Waals surface area (Å²) < 4.78 is 5.55. The number of carbonyl (C=O) groups excluding carboxylic acids is 1. The highest BCUT2D eigenvalue weighted by molar-refractivity contribution is 5.85. The highest BCUT2D eigenvalue weighted by Gasteiger charge is 2.46. The number of nitrogens with one attached hydrogen (secondary N) is 1. The van der Waals surface area contributed by atoms with Gasteiger partial charge in [-0.1, -0.05) is 6.42 Å². The van der Waals surface area contributed by atoms with Gasteiger partial charge < -0.3 is 15.8 Å². The van der Waals surface area contributed by atoms with Crippen molar-refractivity contribution in [1.29, 1.82) is 0 Å². The summed E-state index contributed by atoms with van der Waals surface area (Å²) >= 11 is 0. The van der Waals surface area contributed by atoms with Crippen molar-refractivity contribution in [2.45, 2.75) is 44.2 Å². The van der Waals surface area contributed by atoms with Crippen molar-refractivity contribution in [1.82, 2.24) is 10.2 Å². The topological polar surface area (TPSA) is 67.6 Å². The summed E-state index contributed by atoms with van der Waals surface area (Å²) in [5.41, 5.74) is 5.16. The zero-order chi connectivity index (χ0) is 13.9. The third kappa shape index (κ3) is 3.09. The van der Waals surface area contributed by atoms with E-state index in [1.807, 2.05) is 7.05 Å². The van der Waals surface area contributed by atoms with Crippen LogP contribution >= 0.6 is 0 Å². The summed E-state index contributed by atoms with van der Waals surface area (Å²) in [5.74, 6) is 0.181. The molecule has 3 unspecified atom stereocenters. The molecule has 1 amide bonds. The first-order valence-corrected chi connectivity index (χ1v) is 7.41. The Bertz CT molecular complexity index is 324. The first-order valence-electron chi connectivity index (χ1n) is 7.41. The molecule has 2 fully saturated rings. The molecule has 19 heavy (non-hydrogen) atoms. The standard InChI is InChI=1S/C14H27N3O2/c1-11-10-17(8-9-19-11)7-5-12-4-3-6-14(12,16-2)13(15)18/h11-12,16H,3-10H2,1-2H3,(H2,15,18). The van der Waals surface area contributed by atoms with Crippen molar-refractivity contribution < 1.29 is 9.53 Å². The molecule has 1 saturated heterocycles. The fraction of sp³-hybridized carbons (Fsp3) is 0.929. The zero-order valence-corrected chi connectivity index (χ0v) is 12.2. The van der Waals surface area contributed by atoms with Crippen LogP contribution in [0.3, 0.4) is 0 Å². The Morgan fingerprint density at radius 2 is 2.37 bits per heavy atom. The van der Waals surface area contributed by atoms with Crippen molar-refractivity contribution in [3.8, 4) is 0 Å². The maximum Gasteiger partial charge on any atom is 0.238 e. The molecule has 5 nitrogen and oxygen atoms in total. The summed E-state index contributed by atoms with van der Waals surface area (Å²) in [5, 5.41) is 3.21. The SMILES string of the molecule is CNC1(C(N)=O)CCCC1CCN1CCOC(C)C1. The van der Waals surface area contributed by atoms with Gasteiger partial charge in [0.1, 0.15) is 5.54 Å². The summed E-state index contributed by atoms with van der Waals surface area (Å²) in [6.45, 7) is 5.97. The minimum absolute atomic E-state index is 0.187. The molecule has 0 bridgehead atoms. The molecule has 0 radical (unpaired) electrons. The molecule has 1 saturated carbocycles. The van der Waals surface area contributed by atoms with E-state index in [0.29, 0.717) is 12.0 Å². The van der Waals surface area contributed by atoms with Crippen LogP contribution in [0.25, 0.3) is 0 Å². The Kier molecular flexibility index (Phi) is 4.81. The van der Waals surface area contributed by atoms with E-state index < -0.39 is 5.54 Å². The number of amides is 1. The van der Waals surface area contributed by atoms with Crippen molar-refractivity contribution in [2.75, 3.05) is 33.3 Å². The van der Waals surface area contributed by atoms with Gasteiger partial charge in [0.15, 0.2) is 0 Å². The van der Waals surface area contributed by atoms with Crippen LogP contribution in [0.5, 0.6) is 0 Å². The molecular weight excluding hydrogens is 242 g/mol. The van der Waals surface area contributed by atoms with Crippen molar-refractivity contribution in [3.63, 3.8) is 0 Å². The van der Waals surface area contributed by atoms with E-state index in [-0.39, 0.29) is 5.91 Å². The number of hydrogen-bond acceptors (Lipinski definition) is 4. The van der Waals surface area contributed by atoms with Gasteiger partial charge in [0, 0.05) is 13.1 Å². The van der Waals surface area contributed by atoms with Gasteiger partial charge in [0.25, 0.3) is 0 Å². The monoisotopic (exact) mass is 269 g/mol. The van der Waals surface area contributed by atoms with Crippen molar-refractivity contribution in [2.24, 2.45) is 11.7 Å². The van der Waals surface area contributed by atoms with Crippen LogP contribution < -0.4 is 11.1 Å². The maximum absolute atomic E-state index is 11.8. The summed E-state index contributed by atoms with van der Waals surface area (Å²) in [4.78, 5) is 14.2. The lowest BCUT2D eigenvalue weighted by Gasteiger charge is -2.35. The van der Waals surface area contributed by atoms with Gasteiger partial charge in [-0.15, -0.1) is 0 Å². The Balaban J connectivity index is 1.89. The number of ether oxygens (including phenoxy) is 1. The predicted molar refractivity (Wildman–Crippen MR) is 74.8 cm³/mol. The van der Waals surface area contributed by atoms with Crippen LogP contribution in [-0.2, 0) is 9.53 Å². The van der Waals surface area contributed by atoms with Gasteiger partial charge in [-0.25, -0.2) is 0 Å². The van der Waals surface area contributed by atoms with Crippen LogP contribution in [0.2, 0.25) is 0 Å². The molecule has 1 aliphatic heterocycles. The second-order valence-corrected chi connectivity index (χ2v) is 5.95. The fourth-order valence-electron chi connectivity index (χ4n) is 3.68. The molecule has 1 heterocycles. The van der Waals surface area contributed by atoms with E-state index in [9.17, 15) is 4.79 Å². The van der Waals surface area contributed by atoms with Gasteiger partial charge >= 0.3 is 0 Å². The van der Waals surface area contributed by atoms with E-state index in [4.69, 9.17) is 10.5 Å². The molecule has 3 N–H and O–H groups in total. The number of carbonyl (C=O) groups is 1. The van der Waals surface area contributed by atoms with Crippen molar-refractivity contribution >= 4 is 5.91 Å². The van der Waals surface area contributed by atoms with Crippen LogP contribution in [0.1, 0.15) is 32.6 Å². The lowest BCUT2D eigenvalue weighted by Crippen LogP contribution is -2.57. The summed E-state index contributed by atoms with van der Waals surface area (Å²) in [7, 11) is 1.86. The predicted octanol–water partition coefficient (Wildman–Crippen LogP) is 0.341. The highest BCUT2D eigenvalue weighted by Crippen LogP contribution is 2.37. The van der Waals surface area contributed by atoms with Gasteiger partial charge in [0.05, 0.1) is 12.7 Å². The number of likely N-dealkylation sites (N-methyl/N-ethyl adjacent to an activating group) is 1. The van der Waals surface area contributed by atoms with Crippen LogP contribution in [0.4, 0.5) is 0 Å². The number of morpholine rings is 1. The van der Waals surface area contributed by atoms with Crippen LogP contribution in [0, 0.1) is 5.92 Å². The first kappa shape index (κ1) is 14.8. The number of nitrogens with two attached hydrogens (primary N) is 1. The molecule has 0 aromatic carbocycles. The fourth-order valence-corrected chi connectivity index (χ4v) is 3.68. The Morgan fingerprint density at radius 1 is 1.58 bits per heavy atom. The quantitative estimate of drug-likeness (QED) is 0.755. The molecule has 0 aromatic heterocycles. The number of nitrogens with zero attached hydrogens (tertiary/aromatic N) is 1. The number of hydrogen-bond donors (Lipinski definition) is 2. The van der Waals surface area contributed by atoms with E-state index in [2.05, 4.69) is 17.1 Å². The lowest BCUT2D eigenvalue weighted by molar-refractivity contribution is -0.125. The van der Waals surface area contributed by atoms with E-state index in [1.165, 1.54) is 0 Å². The smallest absolute Gasteiger partial charge is 0.238 e. The van der Waals surface area contributed by atoms with Crippen LogP contribution in [-0.4, -0.2) is 55.7 Å². The number of rotatable bonds is 5. The van der Waals surface area contributed by atoms with Crippen molar-refractivity contribution in [3.05, 3.63) is 0 Å². The molecule has 3 atom stereocenters. The molecule has 2 aliphatic rings. The molecular formula is C14H27N3O2. The van der Waals surface area contributed by atoms with Gasteiger partial charge in [-0.2, -0.15) is 0 Å². The minimum Gasteiger partial charge on any atom is -0.376 e. The largest absolute Gasteiger partial charge is 0.376 e. The molecule has 0 spiro atoms. The van der Waals surface area contributed by atoms with E-state index in [0.717, 1.165) is 51.9 Å². The van der Waals surface area contributed by atoms with Gasteiger partial charge in [0.2, 0.25) is 5.91 Å². The average molecular weight is 269 g/mol. The second kappa shape index (κ2) is 6.20. The minimum atomic E-state index is -0.474. The third-order valence-electron chi connectivity index (χ3n) is 4.83. The highest BCUT2D eigenvalue weighted by atomic mass is 16.5. The molecule has 1 aliphatic carbocycles. The Morgan fingerprint density at radius 3 is 3.00 bits per heavy atom. The summed E-state index contributed by atoms with van der Waals surface area (Å²) in [6, 6.07) is 0. The molecule has 110 valence electrons. The molecule has 2 rings (SSSR count). The molecule has 5 heteroatoms. The van der Waals surface area contributed by atoms with Crippen LogP contribution in [0.15, 0.2) is 0 Å². The van der Waals surface area contributed by atoms with E-state index in [1.54, 1.807) is 0 Å². The van der Waals surface area contributed by atoms with Gasteiger partial charge in [-0.05, 0) is 45.7 Å². The van der Waals surface area contributed by atoms with E-state index >= 15 is 0 Å². The normalized spacial score (nSPS) is 36.5. The third-order valence-corrected chi connectivity index (χ3v) is 4.83. The second-order valence-electron chi connectivity index (χ2n) is 5.95. The Labute approximate surface area is 115 Å². The first-order chi connectivity index (χ1) is 9.08. The molecule has 0 aromatic rings. The number of primary amides is 1. The van der Waals surface area contributed by atoms with Gasteiger partial charge in [-0.3, -0.25) is 9.69 Å². The summed E-state index contributed by atoms with van der Waals surface area (Å²) in [6.07, 6.45) is 4.43. The maximum atomic E-state index is 11.8. The average Bonchev–Trinajstić information content (AvgIpc) is 2.80.